The minimum atomic E-state index is 0.0972. The molecule has 130 valence electrons. The second kappa shape index (κ2) is 8.43. The van der Waals surface area contributed by atoms with Crippen molar-refractivity contribution in [1.82, 2.24) is 4.98 Å². The van der Waals surface area contributed by atoms with Gasteiger partial charge in [-0.3, -0.25) is 4.79 Å². The molecule has 1 heterocycles. The molecule has 0 bridgehead atoms. The molecule has 1 aromatic carbocycles. The molecule has 4 nitrogen and oxygen atoms in total. The summed E-state index contributed by atoms with van der Waals surface area (Å²) in [6.45, 7) is 6.74. The highest BCUT2D eigenvalue weighted by molar-refractivity contribution is 5.99. The summed E-state index contributed by atoms with van der Waals surface area (Å²) in [6, 6.07) is 14.0. The van der Waals surface area contributed by atoms with Crippen LogP contribution in [0.2, 0.25) is 0 Å². The highest BCUT2D eigenvalue weighted by Crippen LogP contribution is 2.29. The van der Waals surface area contributed by atoms with Gasteiger partial charge in [0.2, 0.25) is 0 Å². The van der Waals surface area contributed by atoms with Gasteiger partial charge in [0.25, 0.3) is 0 Å². The Hall–Kier alpha value is -2.67. The van der Waals surface area contributed by atoms with E-state index in [0.29, 0.717) is 35.8 Å². The number of fused-ring (bicyclic) bond motifs is 1. The van der Waals surface area contributed by atoms with E-state index in [1.807, 2.05) is 56.1 Å². The van der Waals surface area contributed by atoms with E-state index in [9.17, 15) is 10.1 Å². The average Bonchev–Trinajstić information content (AvgIpc) is 2.63. The van der Waals surface area contributed by atoms with Crippen molar-refractivity contribution < 1.29 is 4.79 Å². The van der Waals surface area contributed by atoms with Crippen LogP contribution in [0.1, 0.15) is 54.4 Å². The first kappa shape index (κ1) is 18.7. The predicted octanol–water partition coefficient (Wildman–Crippen LogP) is 4.38. The molecule has 0 radical (unpaired) electrons. The van der Waals surface area contributed by atoms with Gasteiger partial charge in [-0.2, -0.15) is 5.26 Å². The normalized spacial score (nSPS) is 15.5. The fraction of sp³-hybridized carbons (Fsp3) is 0.381. The van der Waals surface area contributed by atoms with Crippen LogP contribution in [-0.4, -0.2) is 17.8 Å². The first-order chi connectivity index (χ1) is 12.1. The molecule has 2 aromatic rings. The summed E-state index contributed by atoms with van der Waals surface area (Å²) in [5, 5.41) is 9.45. The lowest BCUT2D eigenvalue weighted by molar-refractivity contribution is 0.0952. The molecule has 0 saturated carbocycles. The van der Waals surface area contributed by atoms with Crippen molar-refractivity contribution in [3.8, 4) is 6.07 Å². The lowest BCUT2D eigenvalue weighted by Crippen LogP contribution is -2.24. The number of hydrogen-bond donors (Lipinski definition) is 0. The number of rotatable bonds is 3. The van der Waals surface area contributed by atoms with Gasteiger partial charge >= 0.3 is 0 Å². The van der Waals surface area contributed by atoms with Gasteiger partial charge in [-0.1, -0.05) is 51.1 Å². The van der Waals surface area contributed by atoms with Gasteiger partial charge in [-0.15, -0.1) is 0 Å². The van der Waals surface area contributed by atoms with Crippen molar-refractivity contribution in [2.75, 3.05) is 11.9 Å². The van der Waals surface area contributed by atoms with E-state index in [1.54, 1.807) is 6.07 Å². The van der Waals surface area contributed by atoms with Gasteiger partial charge in [0.1, 0.15) is 11.9 Å². The van der Waals surface area contributed by atoms with Crippen LogP contribution in [-0.2, 0) is 13.0 Å². The van der Waals surface area contributed by atoms with Crippen LogP contribution in [0.4, 0.5) is 5.82 Å². The fourth-order valence-corrected chi connectivity index (χ4v) is 3.07. The number of ketones is 1. The molecule has 0 spiro atoms. The van der Waals surface area contributed by atoms with Crippen molar-refractivity contribution in [3.63, 3.8) is 0 Å². The van der Waals surface area contributed by atoms with Gasteiger partial charge in [0.15, 0.2) is 5.78 Å². The van der Waals surface area contributed by atoms with Gasteiger partial charge < -0.3 is 4.90 Å². The van der Waals surface area contributed by atoms with Crippen LogP contribution >= 0.6 is 0 Å². The van der Waals surface area contributed by atoms with Crippen molar-refractivity contribution in [3.05, 3.63) is 58.8 Å². The highest BCUT2D eigenvalue weighted by atomic mass is 16.1. The quantitative estimate of drug-likeness (QED) is 0.835. The van der Waals surface area contributed by atoms with Crippen LogP contribution < -0.4 is 4.90 Å². The summed E-state index contributed by atoms with van der Waals surface area (Å²) in [6.07, 6.45) is 1.33. The Morgan fingerprint density at radius 1 is 1.24 bits per heavy atom. The Morgan fingerprint density at radius 3 is 2.56 bits per heavy atom. The number of carbonyl (C=O) groups is 1. The van der Waals surface area contributed by atoms with Crippen LogP contribution in [0.3, 0.4) is 0 Å². The Kier molecular flexibility index (Phi) is 6.30. The number of nitrogens with zero attached hydrogens (tertiary/aromatic N) is 3. The van der Waals surface area contributed by atoms with E-state index < -0.39 is 0 Å². The van der Waals surface area contributed by atoms with Crippen molar-refractivity contribution in [1.29, 1.82) is 5.26 Å². The Labute approximate surface area is 150 Å². The molecule has 0 saturated heterocycles. The number of nitriles is 1. The molecular weight excluding hydrogens is 310 g/mol. The van der Waals surface area contributed by atoms with Crippen LogP contribution in [0.5, 0.6) is 0 Å². The number of aromatic nitrogens is 1. The summed E-state index contributed by atoms with van der Waals surface area (Å²) in [7, 11) is 1.93. The van der Waals surface area contributed by atoms with E-state index >= 15 is 0 Å². The zero-order valence-electron chi connectivity index (χ0n) is 15.4. The Morgan fingerprint density at radius 2 is 1.92 bits per heavy atom. The van der Waals surface area contributed by atoms with Gasteiger partial charge in [-0.05, 0) is 24.0 Å². The number of carbonyl (C=O) groups excluding carboxylic acids is 1. The molecule has 1 aliphatic carbocycles. The van der Waals surface area contributed by atoms with Crippen LogP contribution in [0.25, 0.3) is 0 Å². The van der Waals surface area contributed by atoms with E-state index in [2.05, 4.69) is 18.0 Å². The maximum absolute atomic E-state index is 12.2. The summed E-state index contributed by atoms with van der Waals surface area (Å²) in [4.78, 5) is 18.8. The molecule has 1 unspecified atom stereocenters. The van der Waals surface area contributed by atoms with E-state index in [1.165, 1.54) is 0 Å². The summed E-state index contributed by atoms with van der Waals surface area (Å²) >= 11 is 0. The molecule has 0 aliphatic heterocycles. The zero-order valence-corrected chi connectivity index (χ0v) is 15.4. The smallest absolute Gasteiger partial charge is 0.165 e. The molecule has 0 N–H and O–H groups in total. The molecule has 25 heavy (non-hydrogen) atoms. The molecule has 1 aromatic heterocycles. The van der Waals surface area contributed by atoms with E-state index in [0.717, 1.165) is 17.7 Å². The highest BCUT2D eigenvalue weighted by Gasteiger charge is 2.26. The van der Waals surface area contributed by atoms with Crippen molar-refractivity contribution >= 4 is 11.6 Å². The number of Topliss-reactive ketones (excluding diaryl/α,β-unsaturated/α-hetero) is 1. The minimum absolute atomic E-state index is 0.0972. The summed E-state index contributed by atoms with van der Waals surface area (Å²) in [5.41, 5.74) is 3.06. The number of benzene rings is 1. The number of hydrogen-bond acceptors (Lipinski definition) is 4. The number of anilines is 1. The topological polar surface area (TPSA) is 57.0 Å². The molecule has 1 atom stereocenters. The third kappa shape index (κ3) is 4.24. The summed E-state index contributed by atoms with van der Waals surface area (Å²) in [5.74, 6) is 1.06. The van der Waals surface area contributed by atoms with Crippen LogP contribution in [0.15, 0.2) is 36.4 Å². The summed E-state index contributed by atoms with van der Waals surface area (Å²) < 4.78 is 0. The van der Waals surface area contributed by atoms with Crippen molar-refractivity contribution in [2.45, 2.75) is 40.2 Å². The third-order valence-electron chi connectivity index (χ3n) is 4.20. The predicted molar refractivity (Wildman–Crippen MR) is 101 cm³/mol. The monoisotopic (exact) mass is 335 g/mol. The van der Waals surface area contributed by atoms with E-state index in [-0.39, 0.29) is 5.78 Å². The molecule has 4 heteroatoms. The third-order valence-corrected chi connectivity index (χ3v) is 4.20. The zero-order chi connectivity index (χ0) is 18.4. The second-order valence-electron chi connectivity index (χ2n) is 6.24. The minimum Gasteiger partial charge on any atom is -0.354 e. The molecule has 0 amide bonds. The largest absolute Gasteiger partial charge is 0.354 e. The molecular formula is C21H25N3O. The molecule has 3 rings (SSSR count). The van der Waals surface area contributed by atoms with Crippen LogP contribution in [0, 0.1) is 17.2 Å². The molecule has 0 fully saturated rings. The molecule has 1 aliphatic rings. The first-order valence-electron chi connectivity index (χ1n) is 8.80. The Bertz CT molecular complexity index is 778. The lowest BCUT2D eigenvalue weighted by Gasteiger charge is -2.24. The first-order valence-corrected chi connectivity index (χ1v) is 8.80. The standard InChI is InChI=1S/C19H19N3O.C2H6/c1-13-8-17-16(18(23)9-13)10-15(11-20)19(21-17)22(2)12-14-6-4-3-5-7-14;1-2/h3-7,10,13H,8-9,12H2,1-2H3;1-2H3. The second-order valence-corrected chi connectivity index (χ2v) is 6.24. The van der Waals surface area contributed by atoms with E-state index in [4.69, 9.17) is 0 Å². The van der Waals surface area contributed by atoms with Gasteiger partial charge in [0, 0.05) is 25.6 Å². The van der Waals surface area contributed by atoms with Gasteiger partial charge in [-0.25, -0.2) is 4.98 Å². The van der Waals surface area contributed by atoms with Gasteiger partial charge in [0.05, 0.1) is 11.3 Å². The Balaban J connectivity index is 0.00000109. The lowest BCUT2D eigenvalue weighted by atomic mass is 9.86. The van der Waals surface area contributed by atoms with Crippen molar-refractivity contribution in [2.24, 2.45) is 5.92 Å². The maximum Gasteiger partial charge on any atom is 0.165 e. The fourth-order valence-electron chi connectivity index (χ4n) is 3.07. The average molecular weight is 335 g/mol. The maximum atomic E-state index is 12.2. The number of pyridine rings is 1. The SMILES string of the molecule is CC.CC1CC(=O)c2cc(C#N)c(N(C)Cc3ccccc3)nc2C1.